The van der Waals surface area contributed by atoms with Crippen LogP contribution in [0.4, 0.5) is 11.4 Å². The number of methoxy groups -OCH3 is 1. The summed E-state index contributed by atoms with van der Waals surface area (Å²) in [6.07, 6.45) is 0.513. The molecule has 1 aliphatic rings. The largest absolute Gasteiger partial charge is 0.493 e. The van der Waals surface area contributed by atoms with Crippen LogP contribution in [-0.2, 0) is 13.0 Å². The van der Waals surface area contributed by atoms with Crippen molar-refractivity contribution in [3.63, 3.8) is 0 Å². The van der Waals surface area contributed by atoms with Gasteiger partial charge in [-0.1, -0.05) is 6.07 Å². The Kier molecular flexibility index (Phi) is 5.26. The number of ether oxygens (including phenoxy) is 1. The Bertz CT molecular complexity index is 1210. The van der Waals surface area contributed by atoms with Crippen LogP contribution in [0.2, 0.25) is 0 Å². The van der Waals surface area contributed by atoms with Crippen molar-refractivity contribution in [2.45, 2.75) is 26.8 Å². The second-order valence-electron chi connectivity index (χ2n) is 7.49. The molecule has 1 aromatic carbocycles. The SMILES string of the molecule is COc1c(C#N)cccc1Nc1cc(Cc2cc(C)nc(C)n2)nc2c1C(=O)N(C)C2. The monoisotopic (exact) mass is 414 g/mol. The summed E-state index contributed by atoms with van der Waals surface area (Å²) in [5.41, 5.74) is 5.45. The average molecular weight is 414 g/mol. The molecule has 0 bridgehead atoms. The first kappa shape index (κ1) is 20.3. The Morgan fingerprint density at radius 3 is 2.65 bits per heavy atom. The number of aromatic nitrogens is 3. The van der Waals surface area contributed by atoms with Crippen molar-refractivity contribution in [3.05, 3.63) is 70.1 Å². The lowest BCUT2D eigenvalue weighted by Gasteiger charge is -2.15. The summed E-state index contributed by atoms with van der Waals surface area (Å²) in [7, 11) is 3.27. The van der Waals surface area contributed by atoms with Crippen LogP contribution in [0.1, 0.15) is 44.5 Å². The lowest BCUT2D eigenvalue weighted by atomic mass is 10.1. The summed E-state index contributed by atoms with van der Waals surface area (Å²) in [6.45, 7) is 4.24. The minimum atomic E-state index is -0.0966. The first-order chi connectivity index (χ1) is 14.9. The molecule has 8 nitrogen and oxygen atoms in total. The molecule has 0 radical (unpaired) electrons. The zero-order valence-electron chi connectivity index (χ0n) is 17.9. The van der Waals surface area contributed by atoms with Crippen LogP contribution in [-0.4, -0.2) is 39.9 Å². The molecule has 0 spiro atoms. The van der Waals surface area contributed by atoms with Gasteiger partial charge in [-0.2, -0.15) is 5.26 Å². The molecule has 8 heteroatoms. The van der Waals surface area contributed by atoms with Gasteiger partial charge in [0.25, 0.3) is 5.91 Å². The molecule has 0 unspecified atom stereocenters. The molecule has 0 saturated carbocycles. The number of fused-ring (bicyclic) bond motifs is 1. The molecule has 31 heavy (non-hydrogen) atoms. The summed E-state index contributed by atoms with van der Waals surface area (Å²) in [4.78, 5) is 28.0. The summed E-state index contributed by atoms with van der Waals surface area (Å²) in [5.74, 6) is 1.04. The van der Waals surface area contributed by atoms with E-state index in [2.05, 4.69) is 21.4 Å². The van der Waals surface area contributed by atoms with E-state index < -0.39 is 0 Å². The van der Waals surface area contributed by atoms with Crippen LogP contribution in [0.5, 0.6) is 5.75 Å². The minimum Gasteiger partial charge on any atom is -0.493 e. The summed E-state index contributed by atoms with van der Waals surface area (Å²) >= 11 is 0. The van der Waals surface area contributed by atoms with Gasteiger partial charge in [0.1, 0.15) is 11.9 Å². The van der Waals surface area contributed by atoms with Crippen molar-refractivity contribution in [1.82, 2.24) is 19.9 Å². The zero-order valence-corrected chi connectivity index (χ0v) is 17.9. The molecular formula is C23H22N6O2. The first-order valence-electron chi connectivity index (χ1n) is 9.83. The Morgan fingerprint density at radius 1 is 1.16 bits per heavy atom. The number of hydrogen-bond donors (Lipinski definition) is 1. The molecule has 3 aromatic rings. The van der Waals surface area contributed by atoms with Crippen molar-refractivity contribution >= 4 is 17.3 Å². The van der Waals surface area contributed by atoms with Crippen LogP contribution < -0.4 is 10.1 Å². The molecular weight excluding hydrogens is 392 g/mol. The highest BCUT2D eigenvalue weighted by atomic mass is 16.5. The number of carbonyl (C=O) groups is 1. The van der Waals surface area contributed by atoms with Gasteiger partial charge in [-0.15, -0.1) is 0 Å². The van der Waals surface area contributed by atoms with Gasteiger partial charge in [0.15, 0.2) is 5.75 Å². The number of aryl methyl sites for hydroxylation is 2. The highest BCUT2D eigenvalue weighted by Crippen LogP contribution is 2.35. The fourth-order valence-electron chi connectivity index (χ4n) is 3.84. The number of pyridine rings is 1. The molecule has 2 aromatic heterocycles. The van der Waals surface area contributed by atoms with Gasteiger partial charge in [-0.3, -0.25) is 9.78 Å². The van der Waals surface area contributed by atoms with E-state index in [1.165, 1.54) is 7.11 Å². The predicted octanol–water partition coefficient (Wildman–Crippen LogP) is 3.29. The molecule has 4 rings (SSSR count). The molecule has 1 aliphatic heterocycles. The normalized spacial score (nSPS) is 12.5. The van der Waals surface area contributed by atoms with Gasteiger partial charge in [-0.25, -0.2) is 9.97 Å². The summed E-state index contributed by atoms with van der Waals surface area (Å²) in [6, 6.07) is 11.2. The van der Waals surface area contributed by atoms with Crippen molar-refractivity contribution in [3.8, 4) is 11.8 Å². The number of rotatable bonds is 5. The maximum absolute atomic E-state index is 12.8. The maximum Gasteiger partial charge on any atom is 0.257 e. The van der Waals surface area contributed by atoms with Crippen LogP contribution in [0, 0.1) is 25.2 Å². The van der Waals surface area contributed by atoms with Crippen LogP contribution in [0.15, 0.2) is 30.3 Å². The second-order valence-corrected chi connectivity index (χ2v) is 7.49. The predicted molar refractivity (Wildman–Crippen MR) is 115 cm³/mol. The number of nitrogens with one attached hydrogen (secondary N) is 1. The molecule has 0 fully saturated rings. The smallest absolute Gasteiger partial charge is 0.257 e. The number of anilines is 2. The van der Waals surface area contributed by atoms with E-state index in [9.17, 15) is 10.1 Å². The molecule has 1 amide bonds. The average Bonchev–Trinajstić information content (AvgIpc) is 3.00. The molecule has 0 saturated heterocycles. The van der Waals surface area contributed by atoms with E-state index in [1.807, 2.05) is 32.0 Å². The van der Waals surface area contributed by atoms with Crippen LogP contribution in [0.25, 0.3) is 0 Å². The van der Waals surface area contributed by atoms with E-state index in [-0.39, 0.29) is 5.91 Å². The highest BCUT2D eigenvalue weighted by molar-refractivity contribution is 6.03. The Labute approximate surface area is 180 Å². The number of carbonyl (C=O) groups excluding carboxylic acids is 1. The number of para-hydroxylation sites is 1. The Hall–Kier alpha value is -3.99. The maximum atomic E-state index is 12.8. The topological polar surface area (TPSA) is 104 Å². The van der Waals surface area contributed by atoms with E-state index in [0.29, 0.717) is 52.7 Å². The summed E-state index contributed by atoms with van der Waals surface area (Å²) in [5, 5.41) is 12.7. The van der Waals surface area contributed by atoms with Crippen molar-refractivity contribution < 1.29 is 9.53 Å². The molecule has 3 heterocycles. The zero-order chi connectivity index (χ0) is 22.1. The fourth-order valence-corrected chi connectivity index (χ4v) is 3.84. The van der Waals surface area contributed by atoms with E-state index >= 15 is 0 Å². The lowest BCUT2D eigenvalue weighted by Crippen LogP contribution is -2.18. The van der Waals surface area contributed by atoms with Gasteiger partial charge < -0.3 is 15.0 Å². The third kappa shape index (κ3) is 3.90. The van der Waals surface area contributed by atoms with Crippen molar-refractivity contribution in [2.75, 3.05) is 19.5 Å². The van der Waals surface area contributed by atoms with Crippen LogP contribution >= 0.6 is 0 Å². The van der Waals surface area contributed by atoms with Gasteiger partial charge in [0, 0.05) is 24.9 Å². The lowest BCUT2D eigenvalue weighted by molar-refractivity contribution is 0.0817. The van der Waals surface area contributed by atoms with Gasteiger partial charge >= 0.3 is 0 Å². The molecule has 156 valence electrons. The Balaban J connectivity index is 1.79. The molecule has 1 N–H and O–H groups in total. The number of nitriles is 1. The first-order valence-corrected chi connectivity index (χ1v) is 9.83. The van der Waals surface area contributed by atoms with E-state index in [4.69, 9.17) is 9.72 Å². The Morgan fingerprint density at radius 2 is 1.94 bits per heavy atom. The number of benzene rings is 1. The minimum absolute atomic E-state index is 0.0966. The molecule has 0 aliphatic carbocycles. The van der Waals surface area contributed by atoms with Gasteiger partial charge in [0.05, 0.1) is 47.5 Å². The van der Waals surface area contributed by atoms with Gasteiger partial charge in [-0.05, 0) is 38.1 Å². The van der Waals surface area contributed by atoms with E-state index in [1.54, 1.807) is 24.1 Å². The number of nitrogens with zero attached hydrogens (tertiary/aromatic N) is 5. The quantitative estimate of drug-likeness (QED) is 0.683. The van der Waals surface area contributed by atoms with E-state index in [0.717, 1.165) is 17.1 Å². The number of amides is 1. The number of hydrogen-bond acceptors (Lipinski definition) is 7. The van der Waals surface area contributed by atoms with Crippen molar-refractivity contribution in [2.24, 2.45) is 0 Å². The fraction of sp³-hybridized carbons (Fsp3) is 0.261. The third-order valence-electron chi connectivity index (χ3n) is 5.09. The second kappa shape index (κ2) is 8.03. The van der Waals surface area contributed by atoms with Crippen molar-refractivity contribution in [1.29, 1.82) is 5.26 Å². The van der Waals surface area contributed by atoms with Crippen LogP contribution in [0.3, 0.4) is 0 Å². The molecule has 0 atom stereocenters. The highest BCUT2D eigenvalue weighted by Gasteiger charge is 2.30. The van der Waals surface area contributed by atoms with Gasteiger partial charge in [0.2, 0.25) is 0 Å². The third-order valence-corrected chi connectivity index (χ3v) is 5.09. The summed E-state index contributed by atoms with van der Waals surface area (Å²) < 4.78 is 5.45. The standard InChI is InChI=1S/C23H22N6O2/c1-13-8-16(26-14(2)25-13)9-17-10-19(21-20(27-17)12-29(3)23(21)30)28-18-7-5-6-15(11-24)22(18)31-4/h5-8,10H,9,12H2,1-4H3,(H,27,28).